The molecule has 2 nitrogen and oxygen atoms in total. The number of anilines is 1. The highest BCUT2D eigenvalue weighted by atomic mass is 79.9. The van der Waals surface area contributed by atoms with E-state index < -0.39 is 0 Å². The third-order valence-corrected chi connectivity index (χ3v) is 4.79. The molecule has 2 aromatic rings. The fourth-order valence-electron chi connectivity index (χ4n) is 2.23. The van der Waals surface area contributed by atoms with Gasteiger partial charge in [0, 0.05) is 34.8 Å². The first-order chi connectivity index (χ1) is 10.0. The highest BCUT2D eigenvalue weighted by Crippen LogP contribution is 2.28. The van der Waals surface area contributed by atoms with Gasteiger partial charge in [0.1, 0.15) is 0 Å². The maximum Gasteiger partial charge on any atom is 0.0474 e. The van der Waals surface area contributed by atoms with Crippen LogP contribution in [0.2, 0.25) is 5.02 Å². The molecule has 0 aliphatic rings. The monoisotopic (exact) mass is 366 g/mol. The molecule has 4 heteroatoms. The molecule has 0 aliphatic carbocycles. The Balaban J connectivity index is 2.18. The van der Waals surface area contributed by atoms with E-state index in [0.29, 0.717) is 0 Å². The van der Waals surface area contributed by atoms with Gasteiger partial charge in [-0.05, 0) is 43.3 Å². The molecular weight excluding hydrogens is 348 g/mol. The fourth-order valence-corrected chi connectivity index (χ4v) is 2.98. The van der Waals surface area contributed by atoms with E-state index in [9.17, 15) is 0 Å². The quantitative estimate of drug-likeness (QED) is 0.798. The Morgan fingerprint density at radius 2 is 1.95 bits per heavy atom. The molecule has 0 bridgehead atoms. The molecule has 2 aromatic carbocycles. The number of halogens is 2. The lowest BCUT2D eigenvalue weighted by molar-refractivity contribution is 0.652. The summed E-state index contributed by atoms with van der Waals surface area (Å²) in [6.07, 6.45) is 0. The standard InChI is InChI=1S/C17H20BrClN2/c1-12(20-2)15-9-8-14(10-17(15)19)21(3)11-13-6-4-5-7-16(13)18/h4-10,12,20H,11H2,1-3H3. The van der Waals surface area contributed by atoms with Gasteiger partial charge in [-0.2, -0.15) is 0 Å². The molecule has 0 saturated heterocycles. The Hall–Kier alpha value is -1.03. The van der Waals surface area contributed by atoms with Gasteiger partial charge < -0.3 is 10.2 Å². The fraction of sp³-hybridized carbons (Fsp3) is 0.294. The van der Waals surface area contributed by atoms with Crippen molar-refractivity contribution in [3.8, 4) is 0 Å². The van der Waals surface area contributed by atoms with Crippen LogP contribution in [0.25, 0.3) is 0 Å². The summed E-state index contributed by atoms with van der Waals surface area (Å²) in [5.74, 6) is 0. The van der Waals surface area contributed by atoms with E-state index >= 15 is 0 Å². The number of hydrogen-bond donors (Lipinski definition) is 1. The van der Waals surface area contributed by atoms with Gasteiger partial charge in [-0.3, -0.25) is 0 Å². The number of nitrogens with one attached hydrogen (secondary N) is 1. The first-order valence-electron chi connectivity index (χ1n) is 6.94. The maximum atomic E-state index is 6.41. The molecule has 0 heterocycles. The molecule has 112 valence electrons. The molecule has 2 rings (SSSR count). The minimum absolute atomic E-state index is 0.250. The van der Waals surface area contributed by atoms with Gasteiger partial charge in [-0.1, -0.05) is 51.8 Å². The second-order valence-electron chi connectivity index (χ2n) is 5.16. The Morgan fingerprint density at radius 3 is 2.57 bits per heavy atom. The highest BCUT2D eigenvalue weighted by Gasteiger charge is 2.11. The van der Waals surface area contributed by atoms with Crippen molar-refractivity contribution < 1.29 is 0 Å². The van der Waals surface area contributed by atoms with E-state index in [1.54, 1.807) is 0 Å². The molecule has 0 spiro atoms. The number of benzene rings is 2. The molecule has 21 heavy (non-hydrogen) atoms. The van der Waals surface area contributed by atoms with Gasteiger partial charge in [-0.25, -0.2) is 0 Å². The van der Waals surface area contributed by atoms with Crippen LogP contribution in [0.3, 0.4) is 0 Å². The van der Waals surface area contributed by atoms with E-state index in [4.69, 9.17) is 11.6 Å². The van der Waals surface area contributed by atoms with Crippen LogP contribution in [0.4, 0.5) is 5.69 Å². The van der Waals surface area contributed by atoms with E-state index in [-0.39, 0.29) is 6.04 Å². The smallest absolute Gasteiger partial charge is 0.0474 e. The van der Waals surface area contributed by atoms with E-state index in [1.807, 2.05) is 19.2 Å². The third kappa shape index (κ3) is 4.00. The van der Waals surface area contributed by atoms with Crippen molar-refractivity contribution in [3.63, 3.8) is 0 Å². The van der Waals surface area contributed by atoms with E-state index in [0.717, 1.165) is 27.3 Å². The lowest BCUT2D eigenvalue weighted by Crippen LogP contribution is -2.17. The molecule has 0 aliphatic heterocycles. The highest BCUT2D eigenvalue weighted by molar-refractivity contribution is 9.10. The number of rotatable bonds is 5. The van der Waals surface area contributed by atoms with Crippen molar-refractivity contribution in [2.75, 3.05) is 19.0 Å². The normalized spacial score (nSPS) is 12.2. The van der Waals surface area contributed by atoms with E-state index in [1.165, 1.54) is 5.56 Å². The lowest BCUT2D eigenvalue weighted by atomic mass is 10.1. The first-order valence-corrected chi connectivity index (χ1v) is 8.11. The minimum atomic E-state index is 0.250. The van der Waals surface area contributed by atoms with Crippen molar-refractivity contribution in [3.05, 3.63) is 63.1 Å². The molecule has 1 N–H and O–H groups in total. The van der Waals surface area contributed by atoms with Crippen LogP contribution in [0.1, 0.15) is 24.1 Å². The van der Waals surface area contributed by atoms with Crippen LogP contribution in [-0.4, -0.2) is 14.1 Å². The van der Waals surface area contributed by atoms with Gasteiger partial charge in [0.2, 0.25) is 0 Å². The molecule has 1 atom stereocenters. The van der Waals surface area contributed by atoms with Crippen LogP contribution >= 0.6 is 27.5 Å². The summed E-state index contributed by atoms with van der Waals surface area (Å²) in [4.78, 5) is 2.19. The van der Waals surface area contributed by atoms with Gasteiger partial charge >= 0.3 is 0 Å². The third-order valence-electron chi connectivity index (χ3n) is 3.69. The molecule has 0 aromatic heterocycles. The van der Waals surface area contributed by atoms with Gasteiger partial charge in [0.15, 0.2) is 0 Å². The Kier molecular flexibility index (Phi) is 5.68. The predicted molar refractivity (Wildman–Crippen MR) is 95.2 cm³/mol. The molecule has 0 fully saturated rings. The topological polar surface area (TPSA) is 15.3 Å². The summed E-state index contributed by atoms with van der Waals surface area (Å²) in [5.41, 5.74) is 3.49. The zero-order valence-corrected chi connectivity index (χ0v) is 14.9. The summed E-state index contributed by atoms with van der Waals surface area (Å²) in [6, 6.07) is 14.8. The van der Waals surface area contributed by atoms with Crippen molar-refractivity contribution >= 4 is 33.2 Å². The molecule has 0 saturated carbocycles. The zero-order chi connectivity index (χ0) is 15.4. The van der Waals surface area contributed by atoms with Crippen molar-refractivity contribution in [1.29, 1.82) is 0 Å². The summed E-state index contributed by atoms with van der Waals surface area (Å²) in [6.45, 7) is 2.93. The van der Waals surface area contributed by atoms with E-state index in [2.05, 4.69) is 70.4 Å². The minimum Gasteiger partial charge on any atom is -0.370 e. The average molecular weight is 368 g/mol. The summed E-state index contributed by atoms with van der Waals surface area (Å²) >= 11 is 10.00. The zero-order valence-electron chi connectivity index (χ0n) is 12.5. The maximum absolute atomic E-state index is 6.41. The van der Waals surface area contributed by atoms with Crippen LogP contribution in [-0.2, 0) is 6.54 Å². The summed E-state index contributed by atoms with van der Waals surface area (Å²) in [5, 5.41) is 4.01. The number of hydrogen-bond acceptors (Lipinski definition) is 2. The molecule has 1 unspecified atom stereocenters. The summed E-state index contributed by atoms with van der Waals surface area (Å²) in [7, 11) is 4.01. The van der Waals surface area contributed by atoms with Crippen LogP contribution < -0.4 is 10.2 Å². The first kappa shape index (κ1) is 16.3. The molecular formula is C17H20BrClN2. The SMILES string of the molecule is CNC(C)c1ccc(N(C)Cc2ccccc2Br)cc1Cl. The van der Waals surface area contributed by atoms with Crippen molar-refractivity contribution in [1.82, 2.24) is 5.32 Å². The summed E-state index contributed by atoms with van der Waals surface area (Å²) < 4.78 is 1.13. The van der Waals surface area contributed by atoms with Crippen LogP contribution in [0.5, 0.6) is 0 Å². The predicted octanol–water partition coefficient (Wildman–Crippen LogP) is 5.02. The Morgan fingerprint density at radius 1 is 1.24 bits per heavy atom. The largest absolute Gasteiger partial charge is 0.370 e. The number of nitrogens with zero attached hydrogens (tertiary/aromatic N) is 1. The second kappa shape index (κ2) is 7.30. The van der Waals surface area contributed by atoms with Crippen LogP contribution in [0, 0.1) is 0 Å². The van der Waals surface area contributed by atoms with Crippen molar-refractivity contribution in [2.24, 2.45) is 0 Å². The Bertz CT molecular complexity index is 615. The Labute approximate surface area is 140 Å². The van der Waals surface area contributed by atoms with Crippen molar-refractivity contribution in [2.45, 2.75) is 19.5 Å². The average Bonchev–Trinajstić information content (AvgIpc) is 2.48. The van der Waals surface area contributed by atoms with Crippen LogP contribution in [0.15, 0.2) is 46.9 Å². The van der Waals surface area contributed by atoms with Gasteiger partial charge in [0.05, 0.1) is 0 Å². The molecule has 0 amide bonds. The van der Waals surface area contributed by atoms with Gasteiger partial charge in [0.25, 0.3) is 0 Å². The second-order valence-corrected chi connectivity index (χ2v) is 6.43. The van der Waals surface area contributed by atoms with Gasteiger partial charge in [-0.15, -0.1) is 0 Å². The lowest BCUT2D eigenvalue weighted by Gasteiger charge is -2.22. The molecule has 0 radical (unpaired) electrons.